The Balaban J connectivity index is 2.90. The Morgan fingerprint density at radius 2 is 1.93 bits per heavy atom. The highest BCUT2D eigenvalue weighted by Crippen LogP contribution is 2.20. The average molecular weight is 399 g/mol. The van der Waals surface area contributed by atoms with Gasteiger partial charge in [0.15, 0.2) is 5.78 Å². The van der Waals surface area contributed by atoms with E-state index in [1.165, 1.54) is 18.2 Å². The van der Waals surface area contributed by atoms with E-state index in [9.17, 15) is 14.4 Å². The molecule has 8 heteroatoms. The van der Waals surface area contributed by atoms with Gasteiger partial charge in [0.1, 0.15) is 11.6 Å². The SMILES string of the molecule is CCCCOC(=O)C(CC(=O)c1ccc(Cl)cc1N)NC(=O)OC(C)(C)C. The zero-order valence-corrected chi connectivity index (χ0v) is 16.9. The molecule has 0 heterocycles. The molecular weight excluding hydrogens is 372 g/mol. The molecule has 7 nitrogen and oxygen atoms in total. The molecule has 1 atom stereocenters. The van der Waals surface area contributed by atoms with Crippen LogP contribution in [0.1, 0.15) is 57.3 Å². The summed E-state index contributed by atoms with van der Waals surface area (Å²) < 4.78 is 10.3. The van der Waals surface area contributed by atoms with E-state index in [4.69, 9.17) is 26.8 Å². The first-order valence-corrected chi connectivity index (χ1v) is 9.15. The fourth-order valence-electron chi connectivity index (χ4n) is 2.14. The highest BCUT2D eigenvalue weighted by Gasteiger charge is 2.28. The van der Waals surface area contributed by atoms with Crippen LogP contribution in [-0.4, -0.2) is 36.1 Å². The number of esters is 1. The Bertz CT molecular complexity index is 685. The molecule has 0 radical (unpaired) electrons. The molecule has 0 aromatic heterocycles. The van der Waals surface area contributed by atoms with Crippen LogP contribution in [0.4, 0.5) is 10.5 Å². The summed E-state index contributed by atoms with van der Waals surface area (Å²) in [7, 11) is 0. The van der Waals surface area contributed by atoms with Crippen molar-refractivity contribution in [3.63, 3.8) is 0 Å². The molecule has 27 heavy (non-hydrogen) atoms. The van der Waals surface area contributed by atoms with Crippen LogP contribution in [0.5, 0.6) is 0 Å². The van der Waals surface area contributed by atoms with E-state index >= 15 is 0 Å². The fraction of sp³-hybridized carbons (Fsp3) is 0.526. The standard InChI is InChI=1S/C19H27ClN2O5/c1-5-6-9-26-17(24)15(22-18(25)27-19(2,3)4)11-16(23)13-8-7-12(20)10-14(13)21/h7-8,10,15H,5-6,9,11,21H2,1-4H3,(H,22,25). The number of nitrogen functional groups attached to an aromatic ring is 1. The maximum Gasteiger partial charge on any atom is 0.408 e. The van der Waals surface area contributed by atoms with Crippen LogP contribution in [-0.2, 0) is 14.3 Å². The number of ketones is 1. The number of hydrogen-bond donors (Lipinski definition) is 2. The second-order valence-corrected chi connectivity index (χ2v) is 7.52. The van der Waals surface area contributed by atoms with Gasteiger partial charge in [-0.25, -0.2) is 9.59 Å². The molecule has 0 aliphatic rings. The molecule has 0 saturated carbocycles. The second-order valence-electron chi connectivity index (χ2n) is 7.08. The predicted octanol–water partition coefficient (Wildman–Crippen LogP) is 3.73. The number of unbranched alkanes of at least 4 members (excludes halogenated alkanes) is 1. The zero-order chi connectivity index (χ0) is 20.6. The van der Waals surface area contributed by atoms with Gasteiger partial charge in [-0.15, -0.1) is 0 Å². The molecule has 0 fully saturated rings. The topological polar surface area (TPSA) is 108 Å². The summed E-state index contributed by atoms with van der Waals surface area (Å²) >= 11 is 5.84. The number of hydrogen-bond acceptors (Lipinski definition) is 6. The van der Waals surface area contributed by atoms with Gasteiger partial charge in [0, 0.05) is 22.7 Å². The van der Waals surface area contributed by atoms with Crippen LogP contribution in [0.25, 0.3) is 0 Å². The molecule has 0 aliphatic heterocycles. The number of Topliss-reactive ketones (excluding diaryl/α,β-unsaturated/α-hetero) is 1. The fourth-order valence-corrected chi connectivity index (χ4v) is 2.32. The number of carbonyl (C=O) groups excluding carboxylic acids is 3. The van der Waals surface area contributed by atoms with Gasteiger partial charge in [-0.2, -0.15) is 0 Å². The van der Waals surface area contributed by atoms with E-state index in [-0.39, 0.29) is 24.3 Å². The van der Waals surface area contributed by atoms with Crippen molar-refractivity contribution in [3.05, 3.63) is 28.8 Å². The van der Waals surface area contributed by atoms with Crippen molar-refractivity contribution >= 4 is 35.1 Å². The van der Waals surface area contributed by atoms with Crippen LogP contribution in [0.3, 0.4) is 0 Å². The van der Waals surface area contributed by atoms with Crippen LogP contribution < -0.4 is 11.1 Å². The van der Waals surface area contributed by atoms with Crippen LogP contribution >= 0.6 is 11.6 Å². The summed E-state index contributed by atoms with van der Waals surface area (Å²) in [5.74, 6) is -1.12. The Morgan fingerprint density at radius 1 is 1.26 bits per heavy atom. The lowest BCUT2D eigenvalue weighted by Crippen LogP contribution is -2.45. The molecule has 3 N–H and O–H groups in total. The number of amides is 1. The normalized spacial score (nSPS) is 12.2. The predicted molar refractivity (Wildman–Crippen MR) is 104 cm³/mol. The second kappa shape index (κ2) is 10.2. The van der Waals surface area contributed by atoms with E-state index in [0.717, 1.165) is 6.42 Å². The number of halogens is 1. The van der Waals surface area contributed by atoms with Crippen molar-refractivity contribution in [2.24, 2.45) is 0 Å². The van der Waals surface area contributed by atoms with E-state index in [1.807, 2.05) is 6.92 Å². The van der Waals surface area contributed by atoms with Crippen molar-refractivity contribution in [2.75, 3.05) is 12.3 Å². The minimum Gasteiger partial charge on any atom is -0.464 e. The van der Waals surface area contributed by atoms with Crippen molar-refractivity contribution in [1.29, 1.82) is 0 Å². The van der Waals surface area contributed by atoms with Gasteiger partial charge in [0.2, 0.25) is 0 Å². The number of alkyl carbamates (subject to hydrolysis) is 1. The lowest BCUT2D eigenvalue weighted by Gasteiger charge is -2.23. The summed E-state index contributed by atoms with van der Waals surface area (Å²) in [4.78, 5) is 36.9. The van der Waals surface area contributed by atoms with Gasteiger partial charge in [-0.05, 0) is 45.4 Å². The number of rotatable bonds is 8. The summed E-state index contributed by atoms with van der Waals surface area (Å²) in [6.45, 7) is 7.25. The lowest BCUT2D eigenvalue weighted by molar-refractivity contribution is -0.146. The van der Waals surface area contributed by atoms with E-state index in [2.05, 4.69) is 5.32 Å². The number of nitrogens with two attached hydrogens (primary N) is 1. The monoisotopic (exact) mass is 398 g/mol. The first-order valence-electron chi connectivity index (χ1n) is 8.78. The summed E-state index contributed by atoms with van der Waals surface area (Å²) in [6, 6.07) is 3.28. The highest BCUT2D eigenvalue weighted by atomic mass is 35.5. The zero-order valence-electron chi connectivity index (χ0n) is 16.1. The Hall–Kier alpha value is -2.28. The number of nitrogens with one attached hydrogen (secondary N) is 1. The van der Waals surface area contributed by atoms with Crippen LogP contribution in [0.15, 0.2) is 18.2 Å². The first-order chi connectivity index (χ1) is 12.5. The summed E-state index contributed by atoms with van der Waals surface area (Å²) in [5.41, 5.74) is 5.50. The third-order valence-electron chi connectivity index (χ3n) is 3.42. The number of benzene rings is 1. The molecule has 1 aromatic carbocycles. The van der Waals surface area contributed by atoms with Gasteiger partial charge in [0.05, 0.1) is 6.61 Å². The van der Waals surface area contributed by atoms with Gasteiger partial charge in [-0.3, -0.25) is 4.79 Å². The van der Waals surface area contributed by atoms with Gasteiger partial charge in [0.25, 0.3) is 0 Å². The number of ether oxygens (including phenoxy) is 2. The maximum absolute atomic E-state index is 12.6. The van der Waals surface area contributed by atoms with E-state index < -0.39 is 29.5 Å². The summed E-state index contributed by atoms with van der Waals surface area (Å²) in [5, 5.41) is 2.80. The molecule has 0 bridgehead atoms. The molecule has 1 amide bonds. The molecule has 1 rings (SSSR count). The third kappa shape index (κ3) is 8.30. The highest BCUT2D eigenvalue weighted by molar-refractivity contribution is 6.31. The third-order valence-corrected chi connectivity index (χ3v) is 3.66. The summed E-state index contributed by atoms with van der Waals surface area (Å²) in [6.07, 6.45) is 0.410. The van der Waals surface area contributed by atoms with Crippen molar-refractivity contribution in [1.82, 2.24) is 5.32 Å². The van der Waals surface area contributed by atoms with Crippen LogP contribution in [0, 0.1) is 0 Å². The lowest BCUT2D eigenvalue weighted by atomic mass is 10.0. The number of anilines is 1. The Kier molecular flexibility index (Phi) is 8.56. The van der Waals surface area contributed by atoms with Crippen LogP contribution in [0.2, 0.25) is 5.02 Å². The largest absolute Gasteiger partial charge is 0.464 e. The van der Waals surface area contributed by atoms with Crippen molar-refractivity contribution < 1.29 is 23.9 Å². The molecule has 0 aliphatic carbocycles. The smallest absolute Gasteiger partial charge is 0.408 e. The van der Waals surface area contributed by atoms with Gasteiger partial charge >= 0.3 is 12.1 Å². The molecule has 0 spiro atoms. The average Bonchev–Trinajstić information content (AvgIpc) is 2.52. The first kappa shape index (κ1) is 22.8. The molecule has 1 aromatic rings. The maximum atomic E-state index is 12.6. The van der Waals surface area contributed by atoms with Crippen molar-refractivity contribution in [2.45, 2.75) is 58.6 Å². The van der Waals surface area contributed by atoms with E-state index in [1.54, 1.807) is 20.8 Å². The Labute approximate surface area is 164 Å². The quantitative estimate of drug-likeness (QED) is 0.299. The molecule has 150 valence electrons. The van der Waals surface area contributed by atoms with E-state index in [0.29, 0.717) is 11.4 Å². The van der Waals surface area contributed by atoms with Crippen molar-refractivity contribution in [3.8, 4) is 0 Å². The molecule has 0 saturated heterocycles. The minimum atomic E-state index is -1.18. The van der Waals surface area contributed by atoms with Gasteiger partial charge in [-0.1, -0.05) is 24.9 Å². The van der Waals surface area contributed by atoms with Gasteiger partial charge < -0.3 is 20.5 Å². The molecular formula is C19H27ClN2O5. The molecule has 1 unspecified atom stereocenters. The Morgan fingerprint density at radius 3 is 2.48 bits per heavy atom. The number of carbonyl (C=O) groups is 3. The minimum absolute atomic E-state index is 0.197.